The van der Waals surface area contributed by atoms with Crippen molar-refractivity contribution < 1.29 is 92.3 Å². The number of allylic oxidation sites excluding steroid dienone is 5. The first-order valence-corrected chi connectivity index (χ1v) is 33.5. The van der Waals surface area contributed by atoms with Gasteiger partial charge in [-0.1, -0.05) is 77.7 Å². The number of anilines is 1. The van der Waals surface area contributed by atoms with Crippen LogP contribution in [0.25, 0.3) is 0 Å². The number of benzene rings is 1. The molecule has 95 heavy (non-hydrogen) atoms. The number of hydrogen-bond donors (Lipinski definition) is 15. The minimum Gasteiger partial charge on any atom is -0.429 e. The van der Waals surface area contributed by atoms with E-state index in [9.17, 15) is 63.9 Å². The predicted molar refractivity (Wildman–Crippen MR) is 341 cm³/mol. The van der Waals surface area contributed by atoms with Gasteiger partial charge in [0, 0.05) is 41.2 Å². The van der Waals surface area contributed by atoms with E-state index in [0.29, 0.717) is 67.6 Å². The van der Waals surface area contributed by atoms with Crippen molar-refractivity contribution in [1.29, 1.82) is 0 Å². The van der Waals surface area contributed by atoms with Crippen LogP contribution in [0.3, 0.4) is 0 Å². The maximum Gasteiger partial charge on any atom is 0.509 e. The van der Waals surface area contributed by atoms with Gasteiger partial charge in [-0.3, -0.25) is 34.6 Å². The number of carbonyl (C=O) groups is 8. The van der Waals surface area contributed by atoms with E-state index in [1.807, 2.05) is 19.9 Å². The Balaban J connectivity index is 0.784. The van der Waals surface area contributed by atoms with Crippen LogP contribution in [0.5, 0.6) is 0 Å². The number of carbonyl (C=O) groups excluding carboxylic acids is 8. The number of primary amides is 1. The first kappa shape index (κ1) is 74.2. The second-order valence-electron chi connectivity index (χ2n) is 27.1. The lowest BCUT2D eigenvalue weighted by atomic mass is 9.46. The number of ether oxygens (including phenoxy) is 6. The van der Waals surface area contributed by atoms with Gasteiger partial charge in [0.05, 0.1) is 30.6 Å². The molecule has 29 heteroatoms. The molecule has 6 amide bonds. The molecule has 8 rings (SSSR count). The molecule has 2 heterocycles. The van der Waals surface area contributed by atoms with E-state index in [0.717, 1.165) is 37.7 Å². The lowest BCUT2D eigenvalue weighted by molar-refractivity contribution is -0.234. The Labute approximate surface area is 553 Å². The Morgan fingerprint density at radius 1 is 0.832 bits per heavy atom. The molecule has 0 radical (unpaired) electrons. The molecule has 5 fully saturated rings. The highest BCUT2D eigenvalue weighted by molar-refractivity contribution is 6.01. The standard InChI is InChI=1S/C66H100N10O19/c1-6-13-51-94-49-29-41-40-23-20-37-28-39(78)24-25-64(37,4)52(40)45(79)30-65(41,5)66(49,95-51)48(80)33-92-63(89)91-32-36-18-21-38(22-19-36)72-59(86)44(16-12-27-71-62(68)88)73-60(87)53(35(2)3)75-58(85)42(67)14-10-11-26-70-50(81)34-90-46-17-9-7-8-15-43(54(46)76-69)74-61-57(84)56(83)55(82)47(31-77)93-61/h18-19,21-22,24-25,28,35,40-42,44-47,49,51-53,55-57,61,74,76-77,79,82-84H,6-17,20,23,26-27,29-34,67,69H2,1-5H3,(H,70,81)(H,72,86)(H,73,87)(H,75,85)(H3,68,71,88)/t40-,41-,42+,44-,45-,46?,47+,49+,51?,52+,53-,55-,56-,57+,61+,64-,65-,66+/m0/s1. The maximum atomic E-state index is 14.7. The second-order valence-corrected chi connectivity index (χ2v) is 27.1. The minimum atomic E-state index is -1.59. The summed E-state index contributed by atoms with van der Waals surface area (Å²) >= 11 is 0. The third-order valence-electron chi connectivity index (χ3n) is 20.4. The molecule has 1 aromatic rings. The average molecular weight is 1340 g/mol. The Kier molecular flexibility index (Phi) is 25.8. The number of aliphatic hydroxyl groups is 5. The second kappa shape index (κ2) is 33.1. The summed E-state index contributed by atoms with van der Waals surface area (Å²) in [5.41, 5.74) is 14.1. The number of amides is 6. The zero-order chi connectivity index (χ0) is 68.9. The molecular formula is C66H100N10O19. The van der Waals surface area contributed by atoms with E-state index >= 15 is 0 Å². The van der Waals surface area contributed by atoms with Crippen LogP contribution >= 0.6 is 0 Å². The smallest absolute Gasteiger partial charge is 0.429 e. The number of urea groups is 1. The van der Waals surface area contributed by atoms with Gasteiger partial charge in [0.25, 0.3) is 0 Å². The molecule has 3 saturated carbocycles. The third-order valence-corrected chi connectivity index (χ3v) is 20.4. The van der Waals surface area contributed by atoms with Crippen LogP contribution in [0.15, 0.2) is 59.5 Å². The fraction of sp³-hybridized carbons (Fsp3) is 0.697. The van der Waals surface area contributed by atoms with E-state index in [-0.39, 0.29) is 75.5 Å². The van der Waals surface area contributed by atoms with Crippen LogP contribution in [-0.4, -0.2) is 185 Å². The van der Waals surface area contributed by atoms with Gasteiger partial charge in [-0.05, 0) is 131 Å². The zero-order valence-electron chi connectivity index (χ0n) is 55.0. The number of ketones is 2. The third kappa shape index (κ3) is 17.2. The van der Waals surface area contributed by atoms with Crippen molar-refractivity contribution in [2.24, 2.45) is 51.8 Å². The SMILES string of the molecule is CCCC1O[C@@H]2C[C@H]3[C@@H]4CCC5=CC(=O)C=C[C@]5(C)[C@H]4[C@@H](O)C[C@]3(C)[C@]2(C(=O)COC(=O)OCc2ccc(NC(=O)[C@H](CCCNC(N)=O)NC(=O)[C@@H](NC(=O)[C@H](N)CCCCNC(=O)COC3CCCCCC(N[C@@H]4O[C@H](CO)[C@H](O)[C@H](O)[C@H]4O)=C3NN)C(C)C)cc2)O1. The van der Waals surface area contributed by atoms with Crippen LogP contribution in [0, 0.1) is 34.5 Å². The number of unbranched alkanes of at least 4 members (excludes halogenated alkanes) is 1. The van der Waals surface area contributed by atoms with Gasteiger partial charge in [0.1, 0.15) is 55.8 Å². The van der Waals surface area contributed by atoms with Gasteiger partial charge < -0.3 is 103 Å². The molecule has 29 nitrogen and oxygen atoms in total. The molecular weight excluding hydrogens is 1240 g/mol. The van der Waals surface area contributed by atoms with Gasteiger partial charge in [0.15, 0.2) is 30.5 Å². The quantitative estimate of drug-likeness (QED) is 0.0222. The normalized spacial score (nSPS) is 31.9. The summed E-state index contributed by atoms with van der Waals surface area (Å²) in [6.07, 6.45) is 2.44. The number of fused-ring (bicyclic) bond motifs is 7. The summed E-state index contributed by atoms with van der Waals surface area (Å²) in [5, 5.41) is 69.5. The Morgan fingerprint density at radius 2 is 1.58 bits per heavy atom. The number of hydrazine groups is 1. The summed E-state index contributed by atoms with van der Waals surface area (Å²) in [6, 6.07) is 2.21. The summed E-state index contributed by atoms with van der Waals surface area (Å²) < 4.78 is 35.8. The molecule has 2 unspecified atom stereocenters. The van der Waals surface area contributed by atoms with Gasteiger partial charge in [-0.25, -0.2) is 9.59 Å². The van der Waals surface area contributed by atoms with Crippen LogP contribution in [0.2, 0.25) is 0 Å². The van der Waals surface area contributed by atoms with E-state index < -0.39 is 151 Å². The zero-order valence-corrected chi connectivity index (χ0v) is 55.0. The predicted octanol–water partition coefficient (Wildman–Crippen LogP) is 1.12. The number of nitrogens with two attached hydrogens (primary N) is 3. The average Bonchev–Trinajstić information content (AvgIpc) is 1.54. The molecule has 7 aliphatic rings. The highest BCUT2D eigenvalue weighted by Gasteiger charge is 2.76. The number of rotatable bonds is 30. The Bertz CT molecular complexity index is 2990. The monoisotopic (exact) mass is 1340 g/mol. The van der Waals surface area contributed by atoms with E-state index in [1.54, 1.807) is 50.3 Å². The van der Waals surface area contributed by atoms with Crippen molar-refractivity contribution in [2.45, 2.75) is 223 Å². The molecule has 1 aromatic carbocycles. The minimum absolute atomic E-state index is 0.00225. The van der Waals surface area contributed by atoms with Gasteiger partial charge >= 0.3 is 12.2 Å². The number of hydrogen-bond acceptors (Lipinski definition) is 23. The molecule has 0 spiro atoms. The van der Waals surface area contributed by atoms with E-state index in [2.05, 4.69) is 44.3 Å². The topological polar surface area (TPSA) is 455 Å². The summed E-state index contributed by atoms with van der Waals surface area (Å²) in [4.78, 5) is 106. The van der Waals surface area contributed by atoms with Gasteiger partial charge in [0.2, 0.25) is 29.4 Å². The van der Waals surface area contributed by atoms with Crippen LogP contribution in [0.1, 0.15) is 143 Å². The molecule has 0 bridgehead atoms. The molecule has 0 aromatic heterocycles. The van der Waals surface area contributed by atoms with E-state index in [4.69, 9.17) is 45.7 Å². The first-order chi connectivity index (χ1) is 45.3. The van der Waals surface area contributed by atoms with Crippen molar-refractivity contribution in [3.8, 4) is 0 Å². The Morgan fingerprint density at radius 3 is 2.28 bits per heavy atom. The number of aliphatic hydroxyl groups excluding tert-OH is 5. The Hall–Kier alpha value is -6.64. The van der Waals surface area contributed by atoms with E-state index in [1.165, 1.54) is 0 Å². The van der Waals surface area contributed by atoms with Crippen molar-refractivity contribution in [3.63, 3.8) is 0 Å². The molecule has 2 saturated heterocycles. The van der Waals surface area contributed by atoms with Crippen LogP contribution in [0.4, 0.5) is 15.3 Å². The van der Waals surface area contributed by atoms with Crippen molar-refractivity contribution in [1.82, 2.24) is 32.0 Å². The van der Waals surface area contributed by atoms with Crippen molar-refractivity contribution in [3.05, 3.63) is 65.0 Å². The molecule has 2 aliphatic heterocycles. The van der Waals surface area contributed by atoms with Crippen LogP contribution < -0.4 is 54.6 Å². The highest BCUT2D eigenvalue weighted by atomic mass is 16.8. The van der Waals surface area contributed by atoms with Gasteiger partial charge in [-0.15, -0.1) is 0 Å². The fourth-order valence-electron chi connectivity index (χ4n) is 15.4. The highest BCUT2D eigenvalue weighted by Crippen LogP contribution is 2.70. The molecule has 528 valence electrons. The molecule has 5 aliphatic carbocycles. The molecule has 18 N–H and O–H groups in total. The largest absolute Gasteiger partial charge is 0.509 e. The summed E-state index contributed by atoms with van der Waals surface area (Å²) in [7, 11) is 0. The maximum absolute atomic E-state index is 14.7. The lowest BCUT2D eigenvalue weighted by Gasteiger charge is -2.59. The summed E-state index contributed by atoms with van der Waals surface area (Å²) in [5.74, 6) is 2.38. The summed E-state index contributed by atoms with van der Waals surface area (Å²) in [6.45, 7) is 7.96. The van der Waals surface area contributed by atoms with Gasteiger partial charge in [-0.2, -0.15) is 0 Å². The van der Waals surface area contributed by atoms with Crippen molar-refractivity contribution in [2.75, 3.05) is 38.2 Å². The first-order valence-electron chi connectivity index (χ1n) is 33.5. The number of nitrogens with one attached hydrogen (secondary N) is 7. The molecule has 18 atom stereocenters. The lowest BCUT2D eigenvalue weighted by Crippen LogP contribution is -2.63. The number of Topliss-reactive ketones (excluding diaryl/α,β-unsaturated/α-hetero) is 1. The van der Waals surface area contributed by atoms with Crippen LogP contribution in [-0.2, 0) is 63.8 Å². The fourth-order valence-corrected chi connectivity index (χ4v) is 15.4. The van der Waals surface area contributed by atoms with Crippen molar-refractivity contribution >= 4 is 53.1 Å².